The van der Waals surface area contributed by atoms with Crippen molar-refractivity contribution < 1.29 is 18.3 Å². The standard InChI is InChI=1S/C11H14BrF3N2O/c1-6(2)9(5-18)17-10-8(11(13,14)15)3-7(12)4-16-10/h3-4,6,9,18H,5H2,1-2H3,(H,16,17). The number of alkyl halides is 3. The van der Waals surface area contributed by atoms with Crippen molar-refractivity contribution in [2.75, 3.05) is 11.9 Å². The predicted octanol–water partition coefficient (Wildman–Crippen LogP) is 3.29. The van der Waals surface area contributed by atoms with Crippen molar-refractivity contribution in [3.8, 4) is 0 Å². The van der Waals surface area contributed by atoms with E-state index in [1.807, 2.05) is 0 Å². The third-order valence-electron chi connectivity index (χ3n) is 2.48. The second-order valence-electron chi connectivity index (χ2n) is 4.22. The van der Waals surface area contributed by atoms with Gasteiger partial charge in [-0.1, -0.05) is 13.8 Å². The normalized spacial score (nSPS) is 13.8. The monoisotopic (exact) mass is 326 g/mol. The van der Waals surface area contributed by atoms with E-state index in [4.69, 9.17) is 5.11 Å². The highest BCUT2D eigenvalue weighted by Crippen LogP contribution is 2.35. The van der Waals surface area contributed by atoms with Crippen LogP contribution in [-0.4, -0.2) is 22.7 Å². The fourth-order valence-corrected chi connectivity index (χ4v) is 1.70. The van der Waals surface area contributed by atoms with Gasteiger partial charge in [-0.3, -0.25) is 0 Å². The van der Waals surface area contributed by atoms with Crippen LogP contribution >= 0.6 is 15.9 Å². The first kappa shape index (κ1) is 15.2. The number of nitrogens with zero attached hydrogens (tertiary/aromatic N) is 1. The van der Waals surface area contributed by atoms with Gasteiger partial charge >= 0.3 is 6.18 Å². The van der Waals surface area contributed by atoms with E-state index in [0.717, 1.165) is 6.07 Å². The van der Waals surface area contributed by atoms with Gasteiger partial charge in [0.05, 0.1) is 18.2 Å². The summed E-state index contributed by atoms with van der Waals surface area (Å²) >= 11 is 2.96. The lowest BCUT2D eigenvalue weighted by atomic mass is 10.1. The van der Waals surface area contributed by atoms with Gasteiger partial charge in [-0.25, -0.2) is 4.98 Å². The Morgan fingerprint density at radius 1 is 1.44 bits per heavy atom. The molecule has 1 unspecified atom stereocenters. The van der Waals surface area contributed by atoms with Crippen molar-refractivity contribution >= 4 is 21.7 Å². The van der Waals surface area contributed by atoms with E-state index in [-0.39, 0.29) is 22.8 Å². The SMILES string of the molecule is CC(C)C(CO)Nc1ncc(Br)cc1C(F)(F)F. The van der Waals surface area contributed by atoms with E-state index >= 15 is 0 Å². The Morgan fingerprint density at radius 2 is 2.06 bits per heavy atom. The zero-order chi connectivity index (χ0) is 13.9. The molecule has 0 fully saturated rings. The summed E-state index contributed by atoms with van der Waals surface area (Å²) in [6, 6.07) is 0.490. The predicted molar refractivity (Wildman–Crippen MR) is 66.3 cm³/mol. The van der Waals surface area contributed by atoms with Crippen LogP contribution in [0.2, 0.25) is 0 Å². The number of halogens is 4. The molecule has 3 nitrogen and oxygen atoms in total. The maximum Gasteiger partial charge on any atom is 0.419 e. The Bertz CT molecular complexity index is 410. The summed E-state index contributed by atoms with van der Waals surface area (Å²) < 4.78 is 38.7. The molecule has 0 spiro atoms. The number of nitrogens with one attached hydrogen (secondary N) is 1. The Balaban J connectivity index is 3.09. The van der Waals surface area contributed by atoms with Gasteiger partial charge in [-0.15, -0.1) is 0 Å². The molecule has 0 aromatic carbocycles. The van der Waals surface area contributed by atoms with Crippen LogP contribution in [0.3, 0.4) is 0 Å². The van der Waals surface area contributed by atoms with Gasteiger partial charge in [0, 0.05) is 10.7 Å². The molecule has 0 amide bonds. The van der Waals surface area contributed by atoms with Crippen molar-refractivity contribution in [1.29, 1.82) is 0 Å². The topological polar surface area (TPSA) is 45.1 Å². The second kappa shape index (κ2) is 5.88. The summed E-state index contributed by atoms with van der Waals surface area (Å²) in [5.74, 6) is -0.278. The Kier molecular flexibility index (Phi) is 4.98. The first-order valence-electron chi connectivity index (χ1n) is 5.35. The third kappa shape index (κ3) is 3.84. The molecule has 1 atom stereocenters. The molecule has 18 heavy (non-hydrogen) atoms. The molecule has 1 aromatic heterocycles. The van der Waals surface area contributed by atoms with Crippen LogP contribution in [0.4, 0.5) is 19.0 Å². The van der Waals surface area contributed by atoms with Gasteiger partial charge in [0.1, 0.15) is 5.82 Å². The summed E-state index contributed by atoms with van der Waals surface area (Å²) in [7, 11) is 0. The Morgan fingerprint density at radius 3 is 2.50 bits per heavy atom. The highest BCUT2D eigenvalue weighted by atomic mass is 79.9. The summed E-state index contributed by atoms with van der Waals surface area (Å²) in [6.07, 6.45) is -3.21. The van der Waals surface area contributed by atoms with E-state index in [1.165, 1.54) is 6.20 Å². The first-order chi connectivity index (χ1) is 8.25. The minimum absolute atomic E-state index is 0.0125. The quantitative estimate of drug-likeness (QED) is 0.892. The molecule has 0 aliphatic rings. The van der Waals surface area contributed by atoms with Gasteiger partial charge in [0.25, 0.3) is 0 Å². The molecule has 1 rings (SSSR count). The number of aromatic nitrogens is 1. The average molecular weight is 327 g/mol. The largest absolute Gasteiger partial charge is 0.419 e. The highest BCUT2D eigenvalue weighted by Gasteiger charge is 2.35. The van der Waals surface area contributed by atoms with Crippen LogP contribution < -0.4 is 5.32 Å². The third-order valence-corrected chi connectivity index (χ3v) is 2.92. The smallest absolute Gasteiger partial charge is 0.394 e. The number of pyridine rings is 1. The zero-order valence-corrected chi connectivity index (χ0v) is 11.5. The van der Waals surface area contributed by atoms with Gasteiger partial charge < -0.3 is 10.4 Å². The number of hydrogen-bond donors (Lipinski definition) is 2. The number of rotatable bonds is 4. The van der Waals surface area contributed by atoms with Crippen LogP contribution in [0.1, 0.15) is 19.4 Å². The molecule has 0 saturated heterocycles. The van der Waals surface area contributed by atoms with Crippen molar-refractivity contribution in [2.24, 2.45) is 5.92 Å². The lowest BCUT2D eigenvalue weighted by molar-refractivity contribution is -0.137. The summed E-state index contributed by atoms with van der Waals surface area (Å²) in [4.78, 5) is 3.73. The van der Waals surface area contributed by atoms with Crippen molar-refractivity contribution in [3.63, 3.8) is 0 Å². The molecular weight excluding hydrogens is 313 g/mol. The van der Waals surface area contributed by atoms with E-state index in [9.17, 15) is 13.2 Å². The maximum atomic E-state index is 12.8. The average Bonchev–Trinajstić information content (AvgIpc) is 2.25. The zero-order valence-electron chi connectivity index (χ0n) is 9.92. The molecular formula is C11H14BrF3N2O. The van der Waals surface area contributed by atoms with E-state index in [2.05, 4.69) is 26.2 Å². The lowest BCUT2D eigenvalue weighted by Gasteiger charge is -2.22. The number of anilines is 1. The highest BCUT2D eigenvalue weighted by molar-refractivity contribution is 9.10. The van der Waals surface area contributed by atoms with Crippen LogP contribution in [0.25, 0.3) is 0 Å². The molecule has 0 aliphatic heterocycles. The van der Waals surface area contributed by atoms with Crippen LogP contribution in [0, 0.1) is 5.92 Å². The van der Waals surface area contributed by atoms with Crippen molar-refractivity contribution in [3.05, 3.63) is 22.3 Å². The van der Waals surface area contributed by atoms with Crippen LogP contribution in [0.5, 0.6) is 0 Å². The molecule has 0 radical (unpaired) electrons. The maximum absolute atomic E-state index is 12.8. The molecule has 2 N–H and O–H groups in total. The van der Waals surface area contributed by atoms with E-state index in [1.54, 1.807) is 13.8 Å². The first-order valence-corrected chi connectivity index (χ1v) is 6.15. The van der Waals surface area contributed by atoms with E-state index < -0.39 is 17.8 Å². The van der Waals surface area contributed by atoms with Crippen LogP contribution in [-0.2, 0) is 6.18 Å². The fourth-order valence-electron chi connectivity index (χ4n) is 1.37. The van der Waals surface area contributed by atoms with E-state index in [0.29, 0.717) is 0 Å². The molecule has 1 heterocycles. The summed E-state index contributed by atoms with van der Waals surface area (Å²) in [5, 5.41) is 11.8. The second-order valence-corrected chi connectivity index (χ2v) is 5.14. The minimum Gasteiger partial charge on any atom is -0.394 e. The molecule has 0 bridgehead atoms. The minimum atomic E-state index is -4.49. The Hall–Kier alpha value is -0.820. The summed E-state index contributed by atoms with van der Waals surface area (Å²) in [5.41, 5.74) is -0.851. The number of hydrogen-bond acceptors (Lipinski definition) is 3. The van der Waals surface area contributed by atoms with Gasteiger partial charge in [0.15, 0.2) is 0 Å². The molecule has 0 saturated carbocycles. The fraction of sp³-hybridized carbons (Fsp3) is 0.545. The molecule has 7 heteroatoms. The molecule has 102 valence electrons. The van der Waals surface area contributed by atoms with Crippen molar-refractivity contribution in [1.82, 2.24) is 4.98 Å². The molecule has 1 aromatic rings. The van der Waals surface area contributed by atoms with Gasteiger partial charge in [-0.05, 0) is 27.9 Å². The Labute approximate surface area is 112 Å². The van der Waals surface area contributed by atoms with Crippen molar-refractivity contribution in [2.45, 2.75) is 26.1 Å². The van der Waals surface area contributed by atoms with Gasteiger partial charge in [0.2, 0.25) is 0 Å². The van der Waals surface area contributed by atoms with Gasteiger partial charge in [-0.2, -0.15) is 13.2 Å². The number of aliphatic hydroxyl groups is 1. The lowest BCUT2D eigenvalue weighted by Crippen LogP contribution is -2.31. The molecule has 0 aliphatic carbocycles. The van der Waals surface area contributed by atoms with Crippen LogP contribution in [0.15, 0.2) is 16.7 Å². The number of aliphatic hydroxyl groups excluding tert-OH is 1. The summed E-state index contributed by atoms with van der Waals surface area (Å²) in [6.45, 7) is 3.35.